The Hall–Kier alpha value is -1.61. The average molecular weight is 292 g/mol. The highest BCUT2D eigenvalue weighted by atomic mass is 32.2. The van der Waals surface area contributed by atoms with Crippen LogP contribution < -0.4 is 4.72 Å². The van der Waals surface area contributed by atoms with Crippen molar-refractivity contribution in [3.63, 3.8) is 0 Å². The first-order valence-electron chi connectivity index (χ1n) is 5.34. The Balaban J connectivity index is 2.36. The van der Waals surface area contributed by atoms with Crippen LogP contribution in [0.25, 0.3) is 0 Å². The van der Waals surface area contributed by atoms with Gasteiger partial charge in [-0.25, -0.2) is 17.5 Å². The second-order valence-electron chi connectivity index (χ2n) is 4.39. The van der Waals surface area contributed by atoms with Gasteiger partial charge in [-0.1, -0.05) is 0 Å². The Morgan fingerprint density at radius 3 is 2.53 bits per heavy atom. The maximum absolute atomic E-state index is 13.1. The molecule has 0 atom stereocenters. The second kappa shape index (κ2) is 4.49. The third-order valence-corrected chi connectivity index (χ3v) is 4.46. The molecule has 0 aromatic heterocycles. The predicted octanol–water partition coefficient (Wildman–Crippen LogP) is 1.51. The summed E-state index contributed by atoms with van der Waals surface area (Å²) in [7, 11) is -4.10. The molecule has 0 saturated heterocycles. The van der Waals surface area contributed by atoms with Gasteiger partial charge < -0.3 is 0 Å². The van der Waals surface area contributed by atoms with Crippen molar-refractivity contribution in [1.29, 1.82) is 0 Å². The van der Waals surface area contributed by atoms with Gasteiger partial charge in [-0.05, 0) is 25.0 Å². The van der Waals surface area contributed by atoms with Gasteiger partial charge in [-0.15, -0.1) is 0 Å². The van der Waals surface area contributed by atoms with Gasteiger partial charge in [0.2, 0.25) is 15.8 Å². The topological polar surface area (TPSA) is 89.3 Å². The molecule has 0 unspecified atom stereocenters. The summed E-state index contributed by atoms with van der Waals surface area (Å²) >= 11 is 0. The van der Waals surface area contributed by atoms with Gasteiger partial charge in [-0.3, -0.25) is 10.1 Å². The Kier molecular flexibility index (Phi) is 3.27. The maximum atomic E-state index is 13.1. The van der Waals surface area contributed by atoms with E-state index < -0.39 is 43.6 Å². The van der Waals surface area contributed by atoms with E-state index in [1.54, 1.807) is 0 Å². The van der Waals surface area contributed by atoms with Gasteiger partial charge in [0, 0.05) is 6.07 Å². The Bertz CT molecular complexity index is 628. The highest BCUT2D eigenvalue weighted by Crippen LogP contribution is 2.37. The van der Waals surface area contributed by atoms with Crippen molar-refractivity contribution in [3.05, 3.63) is 34.1 Å². The van der Waals surface area contributed by atoms with Gasteiger partial charge in [0.15, 0.2) is 0 Å². The molecule has 0 amide bonds. The lowest BCUT2D eigenvalue weighted by molar-refractivity contribution is -0.387. The molecule has 1 saturated carbocycles. The summed E-state index contributed by atoms with van der Waals surface area (Å²) < 4.78 is 51.7. The molecule has 6 nitrogen and oxygen atoms in total. The first kappa shape index (κ1) is 13.8. The molecular formula is C10H10F2N2O4S. The molecule has 1 aromatic carbocycles. The van der Waals surface area contributed by atoms with E-state index in [9.17, 15) is 27.3 Å². The number of rotatable bonds is 5. The van der Waals surface area contributed by atoms with Gasteiger partial charge in [-0.2, -0.15) is 4.39 Å². The number of nitro groups is 1. The van der Waals surface area contributed by atoms with Gasteiger partial charge in [0.1, 0.15) is 6.67 Å². The van der Waals surface area contributed by atoms with Crippen molar-refractivity contribution in [2.24, 2.45) is 0 Å². The van der Waals surface area contributed by atoms with Crippen molar-refractivity contribution in [2.75, 3.05) is 6.67 Å². The predicted molar refractivity (Wildman–Crippen MR) is 61.3 cm³/mol. The Morgan fingerprint density at radius 2 is 2.05 bits per heavy atom. The molecule has 1 N–H and O–H groups in total. The van der Waals surface area contributed by atoms with Crippen LogP contribution in [0.3, 0.4) is 0 Å². The standard InChI is InChI=1S/C10H10F2N2O4S/c11-6-10(3-4-10)13-19(17,18)7-1-2-8(12)9(5-7)14(15)16/h1-2,5,13H,3-4,6H2. The van der Waals surface area contributed by atoms with E-state index in [1.165, 1.54) is 0 Å². The molecule has 0 spiro atoms. The highest BCUT2D eigenvalue weighted by Gasteiger charge is 2.46. The first-order valence-corrected chi connectivity index (χ1v) is 6.82. The molecule has 104 valence electrons. The van der Waals surface area contributed by atoms with E-state index in [0.29, 0.717) is 25.0 Å². The highest BCUT2D eigenvalue weighted by molar-refractivity contribution is 7.89. The number of hydrogen-bond donors (Lipinski definition) is 1. The maximum Gasteiger partial charge on any atom is 0.306 e. The number of alkyl halides is 1. The second-order valence-corrected chi connectivity index (χ2v) is 6.07. The van der Waals surface area contributed by atoms with Crippen LogP contribution in [-0.4, -0.2) is 25.6 Å². The van der Waals surface area contributed by atoms with Gasteiger partial charge in [0.25, 0.3) is 0 Å². The smallest absolute Gasteiger partial charge is 0.258 e. The average Bonchev–Trinajstić information content (AvgIpc) is 3.08. The summed E-state index contributed by atoms with van der Waals surface area (Å²) in [6, 6.07) is 2.21. The molecule has 19 heavy (non-hydrogen) atoms. The fourth-order valence-electron chi connectivity index (χ4n) is 1.56. The summed E-state index contributed by atoms with van der Waals surface area (Å²) in [6.45, 7) is -0.852. The number of nitro benzene ring substituents is 1. The summed E-state index contributed by atoms with van der Waals surface area (Å²) in [5, 5.41) is 10.5. The third kappa shape index (κ3) is 2.71. The van der Waals surface area contributed by atoms with E-state index in [1.807, 2.05) is 0 Å². The summed E-state index contributed by atoms with van der Waals surface area (Å²) in [6.07, 6.45) is 0.734. The summed E-state index contributed by atoms with van der Waals surface area (Å²) in [5.74, 6) is -1.13. The van der Waals surface area contributed by atoms with Crippen LogP contribution in [0.1, 0.15) is 12.8 Å². The van der Waals surface area contributed by atoms with Crippen LogP contribution in [0.15, 0.2) is 23.1 Å². The molecule has 0 bridgehead atoms. The van der Waals surface area contributed by atoms with Crippen LogP contribution in [0.4, 0.5) is 14.5 Å². The minimum atomic E-state index is -4.10. The van der Waals surface area contributed by atoms with E-state index in [4.69, 9.17) is 0 Å². The normalized spacial score (nSPS) is 17.2. The van der Waals surface area contributed by atoms with Crippen molar-refractivity contribution in [3.8, 4) is 0 Å². The van der Waals surface area contributed by atoms with Crippen molar-refractivity contribution in [2.45, 2.75) is 23.3 Å². The number of sulfonamides is 1. The lowest BCUT2D eigenvalue weighted by Crippen LogP contribution is -2.38. The zero-order valence-corrected chi connectivity index (χ0v) is 10.4. The van der Waals surface area contributed by atoms with Gasteiger partial charge in [0.05, 0.1) is 15.4 Å². The van der Waals surface area contributed by atoms with Crippen LogP contribution in [-0.2, 0) is 10.0 Å². The Labute approximate surface area is 107 Å². The number of nitrogens with one attached hydrogen (secondary N) is 1. The first-order chi connectivity index (χ1) is 8.80. The SMILES string of the molecule is O=[N+]([O-])c1cc(S(=O)(=O)NC2(CF)CC2)ccc1F. The molecule has 0 radical (unpaired) electrons. The molecule has 0 aliphatic heterocycles. The zero-order valence-electron chi connectivity index (χ0n) is 9.60. The molecule has 0 heterocycles. The van der Waals surface area contributed by atoms with Crippen molar-refractivity contribution < 1.29 is 22.1 Å². The minimum absolute atomic E-state index is 0.367. The zero-order chi connectivity index (χ0) is 14.3. The van der Waals surface area contributed by atoms with Crippen molar-refractivity contribution in [1.82, 2.24) is 4.72 Å². The van der Waals surface area contributed by atoms with Crippen LogP contribution in [0.2, 0.25) is 0 Å². The van der Waals surface area contributed by atoms with Crippen LogP contribution in [0, 0.1) is 15.9 Å². The lowest BCUT2D eigenvalue weighted by atomic mass is 10.3. The fraction of sp³-hybridized carbons (Fsp3) is 0.400. The number of halogens is 2. The quantitative estimate of drug-likeness (QED) is 0.658. The third-order valence-electron chi connectivity index (χ3n) is 2.88. The largest absolute Gasteiger partial charge is 0.306 e. The molecule has 9 heteroatoms. The van der Waals surface area contributed by atoms with E-state index in [2.05, 4.69) is 4.72 Å². The molecule has 1 fully saturated rings. The van der Waals surface area contributed by atoms with E-state index in [0.717, 1.165) is 6.07 Å². The van der Waals surface area contributed by atoms with Gasteiger partial charge >= 0.3 is 5.69 Å². The molecule has 1 aromatic rings. The van der Waals surface area contributed by atoms with E-state index in [-0.39, 0.29) is 0 Å². The van der Waals surface area contributed by atoms with E-state index >= 15 is 0 Å². The summed E-state index contributed by atoms with van der Waals surface area (Å²) in [4.78, 5) is 9.07. The van der Waals surface area contributed by atoms with Crippen molar-refractivity contribution >= 4 is 15.7 Å². The molecule has 1 aliphatic rings. The summed E-state index contributed by atoms with van der Waals surface area (Å²) in [5.41, 5.74) is -2.05. The van der Waals surface area contributed by atoms with Crippen LogP contribution in [0.5, 0.6) is 0 Å². The lowest BCUT2D eigenvalue weighted by Gasteiger charge is -2.13. The Morgan fingerprint density at radius 1 is 1.42 bits per heavy atom. The monoisotopic (exact) mass is 292 g/mol. The molecule has 1 aliphatic carbocycles. The van der Waals surface area contributed by atoms with Crippen LogP contribution >= 0.6 is 0 Å². The minimum Gasteiger partial charge on any atom is -0.258 e. The molecular weight excluding hydrogens is 282 g/mol. The fourth-order valence-corrected chi connectivity index (χ4v) is 3.02. The molecule has 2 rings (SSSR count). The number of benzene rings is 1. The number of nitrogens with zero attached hydrogens (tertiary/aromatic N) is 1. The number of hydrogen-bond acceptors (Lipinski definition) is 4.